The zero-order valence-corrected chi connectivity index (χ0v) is 19.4. The van der Waals surface area contributed by atoms with Gasteiger partial charge in [0.05, 0.1) is 0 Å². The highest BCUT2D eigenvalue weighted by Crippen LogP contribution is 2.31. The number of likely N-dealkylation sites (N-methyl/N-ethyl adjacent to an activating group) is 1. The Bertz CT molecular complexity index is 1220. The Hall–Kier alpha value is -3.38. The molecule has 172 valence electrons. The zero-order valence-electron chi connectivity index (χ0n) is 19.4. The molecule has 0 radical (unpaired) electrons. The van der Waals surface area contributed by atoms with Gasteiger partial charge in [-0.15, -0.1) is 0 Å². The van der Waals surface area contributed by atoms with Crippen molar-refractivity contribution in [2.45, 2.75) is 38.3 Å². The van der Waals surface area contributed by atoms with Crippen LogP contribution in [0.25, 0.3) is 5.57 Å². The first-order chi connectivity index (χ1) is 15.8. The Balaban J connectivity index is 1.39. The lowest BCUT2D eigenvalue weighted by Gasteiger charge is -2.27. The maximum atomic E-state index is 12.3. The van der Waals surface area contributed by atoms with Crippen LogP contribution < -0.4 is 21.5 Å². The summed E-state index contributed by atoms with van der Waals surface area (Å²) in [6.07, 6.45) is 4.73. The van der Waals surface area contributed by atoms with Gasteiger partial charge in [-0.25, -0.2) is 0 Å². The van der Waals surface area contributed by atoms with Crippen LogP contribution in [0.4, 0.5) is 11.4 Å². The standard InChI is InChI=1S/C27H31N3O3/c1-17(14-20-11-10-19-6-4-5-7-23(19)20)29-25-24(26(32)27(25)33)28-16-21(30(2)3)15-18-8-12-22(31)13-9-18/h4-9,11-13,17,21,28-29,31H,10,14-16H2,1-3H3/t17-,21+/m0/s1. The predicted molar refractivity (Wildman–Crippen MR) is 135 cm³/mol. The first-order valence-corrected chi connectivity index (χ1v) is 11.4. The van der Waals surface area contributed by atoms with E-state index in [1.165, 1.54) is 16.7 Å². The monoisotopic (exact) mass is 445 g/mol. The fourth-order valence-electron chi connectivity index (χ4n) is 4.43. The third kappa shape index (κ3) is 5.01. The number of nitrogens with one attached hydrogen (secondary N) is 2. The quantitative estimate of drug-likeness (QED) is 0.415. The van der Waals surface area contributed by atoms with Crippen LogP contribution in [0.3, 0.4) is 0 Å². The van der Waals surface area contributed by atoms with E-state index < -0.39 is 10.9 Å². The van der Waals surface area contributed by atoms with Crippen LogP contribution in [0.5, 0.6) is 5.75 Å². The van der Waals surface area contributed by atoms with Crippen molar-refractivity contribution in [1.29, 1.82) is 0 Å². The molecule has 0 saturated carbocycles. The number of nitrogens with zero attached hydrogens (tertiary/aromatic N) is 1. The van der Waals surface area contributed by atoms with E-state index in [0.717, 1.165) is 24.8 Å². The molecule has 0 saturated heterocycles. The third-order valence-electron chi connectivity index (χ3n) is 6.41. The molecule has 6 nitrogen and oxygen atoms in total. The lowest BCUT2D eigenvalue weighted by atomic mass is 10.00. The summed E-state index contributed by atoms with van der Waals surface area (Å²) >= 11 is 0. The maximum Gasteiger partial charge on any atom is 0.253 e. The second-order valence-electron chi connectivity index (χ2n) is 9.12. The first-order valence-electron chi connectivity index (χ1n) is 11.4. The van der Waals surface area contributed by atoms with Gasteiger partial charge in [0, 0.05) is 18.6 Å². The molecule has 0 unspecified atom stereocenters. The number of hydrogen-bond acceptors (Lipinski definition) is 6. The van der Waals surface area contributed by atoms with Gasteiger partial charge in [0.1, 0.15) is 17.1 Å². The second-order valence-corrected chi connectivity index (χ2v) is 9.12. The van der Waals surface area contributed by atoms with Gasteiger partial charge in [0.25, 0.3) is 10.9 Å². The number of benzene rings is 2. The number of fused-ring (bicyclic) bond motifs is 1. The molecule has 3 N–H and O–H groups in total. The SMILES string of the molecule is C[C@@H](CC1=CCc2ccccc21)Nc1c(NC[C@@H](Cc2ccc(O)cc2)N(C)C)c(=O)c1=O. The molecule has 0 fully saturated rings. The first kappa shape index (κ1) is 22.8. The Morgan fingerprint density at radius 1 is 0.970 bits per heavy atom. The third-order valence-corrected chi connectivity index (χ3v) is 6.41. The lowest BCUT2D eigenvalue weighted by Crippen LogP contribution is -2.42. The summed E-state index contributed by atoms with van der Waals surface area (Å²) in [6, 6.07) is 15.7. The van der Waals surface area contributed by atoms with Crippen molar-refractivity contribution < 1.29 is 5.11 Å². The number of anilines is 2. The summed E-state index contributed by atoms with van der Waals surface area (Å²) in [5, 5.41) is 16.0. The molecular formula is C27H31N3O3. The smallest absolute Gasteiger partial charge is 0.253 e. The van der Waals surface area contributed by atoms with E-state index in [9.17, 15) is 14.7 Å². The molecule has 0 aromatic heterocycles. The largest absolute Gasteiger partial charge is 0.508 e. The van der Waals surface area contributed by atoms with Gasteiger partial charge in [-0.1, -0.05) is 42.5 Å². The van der Waals surface area contributed by atoms with Crippen LogP contribution in [0.15, 0.2) is 64.2 Å². The molecule has 3 aromatic carbocycles. The van der Waals surface area contributed by atoms with E-state index in [1.54, 1.807) is 12.1 Å². The molecule has 3 aromatic rings. The van der Waals surface area contributed by atoms with Crippen LogP contribution in [0.1, 0.15) is 30.0 Å². The summed E-state index contributed by atoms with van der Waals surface area (Å²) in [6.45, 7) is 2.57. The summed E-state index contributed by atoms with van der Waals surface area (Å²) in [5.41, 5.74) is 4.84. The molecule has 0 aliphatic heterocycles. The van der Waals surface area contributed by atoms with E-state index >= 15 is 0 Å². The van der Waals surface area contributed by atoms with Gasteiger partial charge >= 0.3 is 0 Å². The number of rotatable bonds is 10. The average Bonchev–Trinajstić information content (AvgIpc) is 3.21. The van der Waals surface area contributed by atoms with Gasteiger partial charge in [0.15, 0.2) is 0 Å². The van der Waals surface area contributed by atoms with Crippen molar-refractivity contribution >= 4 is 16.9 Å². The minimum Gasteiger partial charge on any atom is -0.508 e. The molecule has 33 heavy (non-hydrogen) atoms. The number of phenols is 1. The van der Waals surface area contributed by atoms with E-state index in [-0.39, 0.29) is 17.8 Å². The fourth-order valence-corrected chi connectivity index (χ4v) is 4.43. The highest BCUT2D eigenvalue weighted by molar-refractivity contribution is 5.76. The Morgan fingerprint density at radius 2 is 1.67 bits per heavy atom. The molecule has 0 spiro atoms. The normalized spacial score (nSPS) is 14.7. The molecule has 1 aliphatic carbocycles. The molecule has 1 aliphatic rings. The Morgan fingerprint density at radius 3 is 2.39 bits per heavy atom. The average molecular weight is 446 g/mol. The minimum atomic E-state index is -0.461. The number of allylic oxidation sites excluding steroid dienone is 1. The highest BCUT2D eigenvalue weighted by Gasteiger charge is 2.24. The van der Waals surface area contributed by atoms with Crippen LogP contribution in [0.2, 0.25) is 0 Å². The molecule has 2 atom stereocenters. The topological polar surface area (TPSA) is 81.7 Å². The number of phenolic OH excluding ortho intramolecular Hbond substituents is 1. The van der Waals surface area contributed by atoms with Gasteiger partial charge in [0.2, 0.25) is 0 Å². The van der Waals surface area contributed by atoms with Gasteiger partial charge in [-0.05, 0) is 74.7 Å². The lowest BCUT2D eigenvalue weighted by molar-refractivity contribution is 0.303. The predicted octanol–water partition coefficient (Wildman–Crippen LogP) is 3.40. The van der Waals surface area contributed by atoms with Crippen LogP contribution in [-0.2, 0) is 12.8 Å². The molecule has 4 rings (SSSR count). The Kier molecular flexibility index (Phi) is 6.65. The minimum absolute atomic E-state index is 0.0212. The van der Waals surface area contributed by atoms with Crippen molar-refractivity contribution in [3.63, 3.8) is 0 Å². The summed E-state index contributed by atoms with van der Waals surface area (Å²) in [7, 11) is 3.98. The van der Waals surface area contributed by atoms with E-state index in [2.05, 4.69) is 39.8 Å². The summed E-state index contributed by atoms with van der Waals surface area (Å²) < 4.78 is 0. The van der Waals surface area contributed by atoms with Crippen molar-refractivity contribution in [2.24, 2.45) is 0 Å². The van der Waals surface area contributed by atoms with Gasteiger partial charge < -0.3 is 20.6 Å². The molecule has 0 amide bonds. The number of hydrogen-bond donors (Lipinski definition) is 3. The fraction of sp³-hybridized carbons (Fsp3) is 0.333. The van der Waals surface area contributed by atoms with Crippen molar-refractivity contribution in [3.05, 3.63) is 91.7 Å². The van der Waals surface area contributed by atoms with E-state index in [0.29, 0.717) is 17.9 Å². The maximum absolute atomic E-state index is 12.3. The summed E-state index contributed by atoms with van der Waals surface area (Å²) in [4.78, 5) is 26.7. The van der Waals surface area contributed by atoms with Crippen LogP contribution >= 0.6 is 0 Å². The molecule has 6 heteroatoms. The molecule has 0 heterocycles. The Labute approximate surface area is 194 Å². The second kappa shape index (κ2) is 9.63. The van der Waals surface area contributed by atoms with Gasteiger partial charge in [-0.2, -0.15) is 0 Å². The molecule has 0 bridgehead atoms. The zero-order chi connectivity index (χ0) is 23.5. The van der Waals surface area contributed by atoms with Crippen LogP contribution in [-0.4, -0.2) is 42.7 Å². The van der Waals surface area contributed by atoms with Crippen molar-refractivity contribution in [2.75, 3.05) is 31.3 Å². The van der Waals surface area contributed by atoms with Gasteiger partial charge in [-0.3, -0.25) is 9.59 Å². The van der Waals surface area contributed by atoms with Crippen molar-refractivity contribution in [1.82, 2.24) is 4.90 Å². The number of aromatic hydroxyl groups is 1. The highest BCUT2D eigenvalue weighted by atomic mass is 16.3. The van der Waals surface area contributed by atoms with E-state index in [4.69, 9.17) is 0 Å². The van der Waals surface area contributed by atoms with Crippen molar-refractivity contribution in [3.8, 4) is 5.75 Å². The molecular weight excluding hydrogens is 414 g/mol. The summed E-state index contributed by atoms with van der Waals surface area (Å²) in [5.74, 6) is 0.240. The van der Waals surface area contributed by atoms with Crippen LogP contribution in [0, 0.1) is 0 Å². The van der Waals surface area contributed by atoms with E-state index in [1.807, 2.05) is 39.2 Å².